The Morgan fingerprint density at radius 3 is 3.07 bits per heavy atom. The summed E-state index contributed by atoms with van der Waals surface area (Å²) in [7, 11) is 1.87. The van der Waals surface area contributed by atoms with E-state index in [2.05, 4.69) is 21.6 Å². The molecule has 2 heterocycles. The van der Waals surface area contributed by atoms with Crippen molar-refractivity contribution in [3.05, 3.63) is 34.2 Å². The summed E-state index contributed by atoms with van der Waals surface area (Å²) in [4.78, 5) is 1.24. The molecular formula is C10H13N3OS. The molecule has 0 aromatic carbocycles. The predicted octanol–water partition coefficient (Wildman–Crippen LogP) is 2.00. The Balaban J connectivity index is 2.07. The largest absolute Gasteiger partial charge is 0.423 e. The fourth-order valence-corrected chi connectivity index (χ4v) is 1.89. The van der Waals surface area contributed by atoms with Gasteiger partial charge in [0.1, 0.15) is 0 Å². The van der Waals surface area contributed by atoms with Gasteiger partial charge in [-0.25, -0.2) is 0 Å². The quantitative estimate of drug-likeness (QED) is 0.861. The molecule has 0 saturated heterocycles. The van der Waals surface area contributed by atoms with Crippen molar-refractivity contribution in [3.63, 3.8) is 0 Å². The maximum absolute atomic E-state index is 5.53. The van der Waals surface area contributed by atoms with Crippen LogP contribution in [-0.2, 0) is 6.42 Å². The van der Waals surface area contributed by atoms with Crippen LogP contribution in [0.15, 0.2) is 21.9 Å². The number of hydrogen-bond acceptors (Lipinski definition) is 5. The Kier molecular flexibility index (Phi) is 3.13. The minimum atomic E-state index is 0.106. The normalized spacial score (nSPS) is 12.9. The number of rotatable bonds is 4. The van der Waals surface area contributed by atoms with E-state index in [1.807, 2.05) is 25.4 Å². The van der Waals surface area contributed by atoms with Crippen LogP contribution in [0.25, 0.3) is 0 Å². The van der Waals surface area contributed by atoms with Crippen LogP contribution in [0.1, 0.15) is 29.6 Å². The Labute approximate surface area is 92.3 Å². The van der Waals surface area contributed by atoms with Crippen LogP contribution in [0, 0.1) is 0 Å². The molecule has 2 rings (SSSR count). The van der Waals surface area contributed by atoms with Gasteiger partial charge in [-0.15, -0.1) is 21.5 Å². The molecule has 0 saturated carbocycles. The molecule has 0 radical (unpaired) electrons. The molecule has 2 aromatic rings. The summed E-state index contributed by atoms with van der Waals surface area (Å²) >= 11 is 1.70. The molecule has 0 bridgehead atoms. The van der Waals surface area contributed by atoms with Crippen LogP contribution in [0.4, 0.5) is 0 Å². The van der Waals surface area contributed by atoms with Crippen molar-refractivity contribution in [1.29, 1.82) is 0 Å². The zero-order valence-electron chi connectivity index (χ0n) is 8.73. The van der Waals surface area contributed by atoms with Gasteiger partial charge in [-0.3, -0.25) is 0 Å². The summed E-state index contributed by atoms with van der Waals surface area (Å²) in [6.45, 7) is 1.99. The van der Waals surface area contributed by atoms with Crippen molar-refractivity contribution in [2.75, 3.05) is 7.05 Å². The van der Waals surface area contributed by atoms with E-state index < -0.39 is 0 Å². The van der Waals surface area contributed by atoms with Crippen LogP contribution >= 0.6 is 11.3 Å². The first kappa shape index (κ1) is 10.3. The summed E-state index contributed by atoms with van der Waals surface area (Å²) in [5.41, 5.74) is 0. The third-order valence-corrected chi connectivity index (χ3v) is 3.07. The van der Waals surface area contributed by atoms with Gasteiger partial charge in [-0.1, -0.05) is 6.07 Å². The molecule has 4 nitrogen and oxygen atoms in total. The molecule has 15 heavy (non-hydrogen) atoms. The molecule has 80 valence electrons. The van der Waals surface area contributed by atoms with Gasteiger partial charge < -0.3 is 9.73 Å². The SMILES string of the molecule is CNC(C)c1nnc(Cc2cccs2)o1. The standard InChI is InChI=1S/C10H13N3OS/c1-7(11-2)10-13-12-9(14-10)6-8-4-3-5-15-8/h3-5,7,11H,6H2,1-2H3. The van der Waals surface area contributed by atoms with Gasteiger partial charge in [0, 0.05) is 4.88 Å². The molecule has 0 spiro atoms. The van der Waals surface area contributed by atoms with E-state index in [0.29, 0.717) is 11.8 Å². The zero-order chi connectivity index (χ0) is 10.7. The minimum absolute atomic E-state index is 0.106. The molecule has 0 aliphatic rings. The van der Waals surface area contributed by atoms with Gasteiger partial charge in [0.15, 0.2) is 0 Å². The van der Waals surface area contributed by atoms with E-state index in [0.717, 1.165) is 6.42 Å². The minimum Gasteiger partial charge on any atom is -0.423 e. The molecule has 2 aromatic heterocycles. The van der Waals surface area contributed by atoms with Gasteiger partial charge in [0.05, 0.1) is 12.5 Å². The lowest BCUT2D eigenvalue weighted by atomic mass is 10.3. The Hall–Kier alpha value is -1.20. The second-order valence-electron chi connectivity index (χ2n) is 3.30. The Morgan fingerprint density at radius 1 is 1.53 bits per heavy atom. The van der Waals surface area contributed by atoms with Gasteiger partial charge in [-0.2, -0.15) is 0 Å². The van der Waals surface area contributed by atoms with Crippen LogP contribution < -0.4 is 5.32 Å². The number of aromatic nitrogens is 2. The predicted molar refractivity (Wildman–Crippen MR) is 58.9 cm³/mol. The van der Waals surface area contributed by atoms with Crippen molar-refractivity contribution >= 4 is 11.3 Å². The Bertz CT molecular complexity index is 410. The first-order chi connectivity index (χ1) is 7.29. The van der Waals surface area contributed by atoms with Crippen LogP contribution in [0.5, 0.6) is 0 Å². The van der Waals surface area contributed by atoms with E-state index in [1.165, 1.54) is 4.88 Å². The molecule has 0 aliphatic heterocycles. The molecule has 1 atom stereocenters. The van der Waals surface area contributed by atoms with Crippen molar-refractivity contribution in [1.82, 2.24) is 15.5 Å². The highest BCUT2D eigenvalue weighted by molar-refractivity contribution is 7.09. The lowest BCUT2D eigenvalue weighted by molar-refractivity contribution is 0.411. The van der Waals surface area contributed by atoms with Crippen molar-refractivity contribution in [2.24, 2.45) is 0 Å². The van der Waals surface area contributed by atoms with Gasteiger partial charge in [-0.05, 0) is 25.4 Å². The van der Waals surface area contributed by atoms with Gasteiger partial charge >= 0.3 is 0 Å². The fourth-order valence-electron chi connectivity index (χ4n) is 1.20. The summed E-state index contributed by atoms with van der Waals surface area (Å²) in [6.07, 6.45) is 0.723. The molecule has 0 fully saturated rings. The van der Waals surface area contributed by atoms with Crippen LogP contribution in [0.2, 0.25) is 0 Å². The topological polar surface area (TPSA) is 51.0 Å². The van der Waals surface area contributed by atoms with E-state index in [4.69, 9.17) is 4.42 Å². The average molecular weight is 223 g/mol. The lowest BCUT2D eigenvalue weighted by Crippen LogP contribution is -2.12. The number of nitrogens with zero attached hydrogens (tertiary/aromatic N) is 2. The summed E-state index contributed by atoms with van der Waals surface area (Å²) < 4.78 is 5.53. The van der Waals surface area contributed by atoms with Crippen molar-refractivity contribution in [3.8, 4) is 0 Å². The maximum Gasteiger partial charge on any atom is 0.233 e. The second-order valence-corrected chi connectivity index (χ2v) is 4.33. The van der Waals surface area contributed by atoms with E-state index in [-0.39, 0.29) is 6.04 Å². The van der Waals surface area contributed by atoms with E-state index >= 15 is 0 Å². The highest BCUT2D eigenvalue weighted by Gasteiger charge is 2.12. The fraction of sp³-hybridized carbons (Fsp3) is 0.400. The molecular weight excluding hydrogens is 210 g/mol. The highest BCUT2D eigenvalue weighted by Crippen LogP contribution is 2.16. The number of hydrogen-bond donors (Lipinski definition) is 1. The molecule has 1 unspecified atom stereocenters. The van der Waals surface area contributed by atoms with E-state index in [9.17, 15) is 0 Å². The zero-order valence-corrected chi connectivity index (χ0v) is 9.54. The number of thiophene rings is 1. The van der Waals surface area contributed by atoms with Crippen LogP contribution in [-0.4, -0.2) is 17.2 Å². The Morgan fingerprint density at radius 2 is 2.40 bits per heavy atom. The summed E-state index contributed by atoms with van der Waals surface area (Å²) in [5, 5.41) is 13.1. The molecule has 1 N–H and O–H groups in total. The number of nitrogens with one attached hydrogen (secondary N) is 1. The molecule has 5 heteroatoms. The summed E-state index contributed by atoms with van der Waals surface area (Å²) in [5.74, 6) is 1.32. The van der Waals surface area contributed by atoms with E-state index in [1.54, 1.807) is 11.3 Å². The highest BCUT2D eigenvalue weighted by atomic mass is 32.1. The van der Waals surface area contributed by atoms with Gasteiger partial charge in [0.2, 0.25) is 11.8 Å². The molecule has 0 aliphatic carbocycles. The summed E-state index contributed by atoms with van der Waals surface area (Å²) in [6, 6.07) is 4.19. The third kappa shape index (κ3) is 2.43. The third-order valence-electron chi connectivity index (χ3n) is 2.19. The van der Waals surface area contributed by atoms with Crippen molar-refractivity contribution < 1.29 is 4.42 Å². The first-order valence-electron chi connectivity index (χ1n) is 4.81. The maximum atomic E-state index is 5.53. The van der Waals surface area contributed by atoms with Gasteiger partial charge in [0.25, 0.3) is 0 Å². The molecule has 0 amide bonds. The van der Waals surface area contributed by atoms with Crippen LogP contribution in [0.3, 0.4) is 0 Å². The average Bonchev–Trinajstić information content (AvgIpc) is 2.88. The first-order valence-corrected chi connectivity index (χ1v) is 5.69. The van der Waals surface area contributed by atoms with Crippen molar-refractivity contribution in [2.45, 2.75) is 19.4 Å². The second kappa shape index (κ2) is 4.55. The lowest BCUT2D eigenvalue weighted by Gasteiger charge is -2.01. The smallest absolute Gasteiger partial charge is 0.233 e. The monoisotopic (exact) mass is 223 g/mol.